The number of hydrogen-bond acceptors (Lipinski definition) is 6. The summed E-state index contributed by atoms with van der Waals surface area (Å²) in [6, 6.07) is 7.50. The highest BCUT2D eigenvalue weighted by Gasteiger charge is 2.20. The predicted octanol–water partition coefficient (Wildman–Crippen LogP) is 3.06. The molecule has 5 nitrogen and oxygen atoms in total. The van der Waals surface area contributed by atoms with Crippen LogP contribution >= 0.6 is 11.3 Å². The van der Waals surface area contributed by atoms with Gasteiger partial charge >= 0.3 is 0 Å². The summed E-state index contributed by atoms with van der Waals surface area (Å²) in [6.45, 7) is 0. The van der Waals surface area contributed by atoms with Gasteiger partial charge in [0.1, 0.15) is 5.75 Å². The number of pyridine rings is 1. The lowest BCUT2D eigenvalue weighted by Gasteiger charge is -1.99. The maximum Gasteiger partial charge on any atom is 0.188 e. The smallest absolute Gasteiger partial charge is 0.188 e. The van der Waals surface area contributed by atoms with Gasteiger partial charge in [-0.2, -0.15) is 0 Å². The van der Waals surface area contributed by atoms with Gasteiger partial charge in [0.15, 0.2) is 11.6 Å². The van der Waals surface area contributed by atoms with E-state index in [2.05, 4.69) is 10.1 Å². The Morgan fingerprint density at radius 2 is 2.26 bits per heavy atom. The SMILES string of the molecule is COc1csc(-c2onc(N)c2-c2ccccn2)c1. The highest BCUT2D eigenvalue weighted by atomic mass is 32.1. The minimum Gasteiger partial charge on any atom is -0.496 e. The Labute approximate surface area is 113 Å². The highest BCUT2D eigenvalue weighted by Crippen LogP contribution is 2.39. The van der Waals surface area contributed by atoms with Gasteiger partial charge in [0, 0.05) is 17.6 Å². The van der Waals surface area contributed by atoms with E-state index in [4.69, 9.17) is 15.0 Å². The molecule has 0 saturated carbocycles. The van der Waals surface area contributed by atoms with Crippen molar-refractivity contribution in [1.82, 2.24) is 10.1 Å². The van der Waals surface area contributed by atoms with Gasteiger partial charge in [0.25, 0.3) is 0 Å². The minimum atomic E-state index is 0.334. The number of anilines is 1. The molecule has 0 saturated heterocycles. The molecule has 0 atom stereocenters. The molecule has 3 aromatic rings. The van der Waals surface area contributed by atoms with Gasteiger partial charge in [-0.25, -0.2) is 0 Å². The molecule has 0 aliphatic carbocycles. The van der Waals surface area contributed by atoms with E-state index in [-0.39, 0.29) is 0 Å². The molecular formula is C13H11N3O2S. The van der Waals surface area contributed by atoms with Crippen LogP contribution in [-0.2, 0) is 0 Å². The van der Waals surface area contributed by atoms with Crippen molar-refractivity contribution in [3.63, 3.8) is 0 Å². The van der Waals surface area contributed by atoms with Crippen molar-refractivity contribution in [1.29, 1.82) is 0 Å². The average molecular weight is 273 g/mol. The number of methoxy groups -OCH3 is 1. The van der Waals surface area contributed by atoms with Crippen LogP contribution in [0.15, 0.2) is 40.4 Å². The van der Waals surface area contributed by atoms with E-state index in [1.54, 1.807) is 13.3 Å². The first kappa shape index (κ1) is 11.7. The maximum atomic E-state index is 5.88. The quantitative estimate of drug-likeness (QED) is 0.793. The number of ether oxygens (including phenoxy) is 1. The average Bonchev–Trinajstić information content (AvgIpc) is 3.05. The number of hydrogen-bond donors (Lipinski definition) is 1. The van der Waals surface area contributed by atoms with E-state index in [0.29, 0.717) is 17.1 Å². The van der Waals surface area contributed by atoms with Crippen molar-refractivity contribution in [3.8, 4) is 27.6 Å². The van der Waals surface area contributed by atoms with Crippen LogP contribution in [0, 0.1) is 0 Å². The topological polar surface area (TPSA) is 74.2 Å². The third kappa shape index (κ3) is 2.06. The highest BCUT2D eigenvalue weighted by molar-refractivity contribution is 7.13. The summed E-state index contributed by atoms with van der Waals surface area (Å²) in [5.41, 5.74) is 7.33. The lowest BCUT2D eigenvalue weighted by atomic mass is 10.1. The number of nitrogens with two attached hydrogens (primary N) is 1. The fourth-order valence-corrected chi connectivity index (χ4v) is 2.61. The molecule has 0 spiro atoms. The van der Waals surface area contributed by atoms with Gasteiger partial charge in [0.05, 0.1) is 23.2 Å². The van der Waals surface area contributed by atoms with Crippen LogP contribution in [0.5, 0.6) is 5.75 Å². The molecule has 0 aliphatic heterocycles. The van der Waals surface area contributed by atoms with Gasteiger partial charge < -0.3 is 15.0 Å². The molecular weight excluding hydrogens is 262 g/mol. The van der Waals surface area contributed by atoms with E-state index >= 15 is 0 Å². The van der Waals surface area contributed by atoms with Crippen molar-refractivity contribution < 1.29 is 9.26 Å². The zero-order valence-corrected chi connectivity index (χ0v) is 11.0. The second kappa shape index (κ2) is 4.74. The van der Waals surface area contributed by atoms with E-state index in [1.807, 2.05) is 29.6 Å². The second-order valence-corrected chi connectivity index (χ2v) is 4.75. The molecule has 3 aromatic heterocycles. The minimum absolute atomic E-state index is 0.334. The lowest BCUT2D eigenvalue weighted by Crippen LogP contribution is -1.90. The Morgan fingerprint density at radius 3 is 2.95 bits per heavy atom. The van der Waals surface area contributed by atoms with Crippen LogP contribution < -0.4 is 10.5 Å². The van der Waals surface area contributed by atoms with E-state index in [1.165, 1.54) is 11.3 Å². The first-order valence-corrected chi connectivity index (χ1v) is 6.47. The van der Waals surface area contributed by atoms with Crippen LogP contribution in [-0.4, -0.2) is 17.3 Å². The predicted molar refractivity (Wildman–Crippen MR) is 74.0 cm³/mol. The van der Waals surface area contributed by atoms with Crippen LogP contribution in [0.25, 0.3) is 21.9 Å². The summed E-state index contributed by atoms with van der Waals surface area (Å²) < 4.78 is 10.5. The molecule has 6 heteroatoms. The van der Waals surface area contributed by atoms with Gasteiger partial charge in [-0.05, 0) is 12.1 Å². The monoisotopic (exact) mass is 273 g/mol. The first-order chi connectivity index (χ1) is 9.29. The van der Waals surface area contributed by atoms with E-state index in [9.17, 15) is 0 Å². The van der Waals surface area contributed by atoms with Crippen LogP contribution in [0.2, 0.25) is 0 Å². The van der Waals surface area contributed by atoms with Crippen molar-refractivity contribution in [2.24, 2.45) is 0 Å². The Morgan fingerprint density at radius 1 is 1.37 bits per heavy atom. The second-order valence-electron chi connectivity index (χ2n) is 3.84. The van der Waals surface area contributed by atoms with Gasteiger partial charge in [-0.3, -0.25) is 4.98 Å². The number of nitrogens with zero attached hydrogens (tertiary/aromatic N) is 2. The number of aromatic nitrogens is 2. The van der Waals surface area contributed by atoms with Gasteiger partial charge in [0.2, 0.25) is 0 Å². The van der Waals surface area contributed by atoms with Crippen molar-refractivity contribution in [3.05, 3.63) is 35.8 Å². The third-order valence-electron chi connectivity index (χ3n) is 2.67. The summed E-state index contributed by atoms with van der Waals surface area (Å²) >= 11 is 1.51. The lowest BCUT2D eigenvalue weighted by molar-refractivity contribution is 0.416. The standard InChI is InChI=1S/C13H11N3O2S/c1-17-8-6-10(19-7-8)12-11(13(14)16-18-12)9-4-2-3-5-15-9/h2-7H,1H3,(H2,14,16). The van der Waals surface area contributed by atoms with Crippen molar-refractivity contribution in [2.45, 2.75) is 0 Å². The van der Waals surface area contributed by atoms with E-state index < -0.39 is 0 Å². The molecule has 0 amide bonds. The maximum absolute atomic E-state index is 5.88. The molecule has 0 aromatic carbocycles. The normalized spacial score (nSPS) is 10.6. The van der Waals surface area contributed by atoms with Crippen LogP contribution in [0.1, 0.15) is 0 Å². The summed E-state index contributed by atoms with van der Waals surface area (Å²) in [4.78, 5) is 5.19. The molecule has 96 valence electrons. The molecule has 0 fully saturated rings. The number of thiophene rings is 1. The summed E-state index contributed by atoms with van der Waals surface area (Å²) in [7, 11) is 1.63. The van der Waals surface area contributed by atoms with E-state index in [0.717, 1.165) is 16.3 Å². The molecule has 0 unspecified atom stereocenters. The van der Waals surface area contributed by atoms with Crippen LogP contribution in [0.3, 0.4) is 0 Å². The van der Waals surface area contributed by atoms with Crippen molar-refractivity contribution in [2.75, 3.05) is 12.8 Å². The zero-order chi connectivity index (χ0) is 13.2. The first-order valence-electron chi connectivity index (χ1n) is 5.59. The molecule has 0 aliphatic rings. The van der Waals surface area contributed by atoms with Gasteiger partial charge in [-0.15, -0.1) is 11.3 Å². The fraction of sp³-hybridized carbons (Fsp3) is 0.0769. The Hall–Kier alpha value is -2.34. The third-order valence-corrected chi connectivity index (χ3v) is 3.58. The summed E-state index contributed by atoms with van der Waals surface area (Å²) in [6.07, 6.45) is 1.71. The number of nitrogen functional groups attached to an aromatic ring is 1. The largest absolute Gasteiger partial charge is 0.496 e. The van der Waals surface area contributed by atoms with Gasteiger partial charge in [-0.1, -0.05) is 11.2 Å². The molecule has 3 heterocycles. The summed E-state index contributed by atoms with van der Waals surface area (Å²) in [5.74, 6) is 1.73. The van der Waals surface area contributed by atoms with Crippen LogP contribution in [0.4, 0.5) is 5.82 Å². The Bertz CT molecular complexity index is 691. The molecule has 19 heavy (non-hydrogen) atoms. The summed E-state index contributed by atoms with van der Waals surface area (Å²) in [5, 5.41) is 5.73. The molecule has 3 rings (SSSR count). The molecule has 2 N–H and O–H groups in total. The van der Waals surface area contributed by atoms with Crippen molar-refractivity contribution >= 4 is 17.2 Å². The number of rotatable bonds is 3. The Kier molecular flexibility index (Phi) is 2.92. The zero-order valence-electron chi connectivity index (χ0n) is 10.2. The molecule has 0 radical (unpaired) electrons. The Balaban J connectivity index is 2.13. The molecule has 0 bridgehead atoms. The fourth-order valence-electron chi connectivity index (χ4n) is 1.77.